The van der Waals surface area contributed by atoms with Gasteiger partial charge in [-0.15, -0.1) is 0 Å². The first-order chi connectivity index (χ1) is 13.0. The number of hydrogen-bond donors (Lipinski definition) is 1. The average Bonchev–Trinajstić information content (AvgIpc) is 2.65. The summed E-state index contributed by atoms with van der Waals surface area (Å²) in [6.07, 6.45) is 1.41. The van der Waals surface area contributed by atoms with Crippen molar-refractivity contribution in [1.82, 2.24) is 15.1 Å². The van der Waals surface area contributed by atoms with Crippen molar-refractivity contribution in [3.8, 4) is 5.75 Å². The highest BCUT2D eigenvalue weighted by Gasteiger charge is 2.35. The van der Waals surface area contributed by atoms with Crippen LogP contribution in [0.25, 0.3) is 0 Å². The predicted molar refractivity (Wildman–Crippen MR) is 99.9 cm³/mol. The van der Waals surface area contributed by atoms with Crippen LogP contribution < -0.4 is 10.1 Å². The van der Waals surface area contributed by atoms with Crippen LogP contribution in [0.2, 0.25) is 0 Å². The first-order valence-corrected chi connectivity index (χ1v) is 9.68. The van der Waals surface area contributed by atoms with Crippen LogP contribution in [-0.4, -0.2) is 66.0 Å². The average molecular weight is 377 g/mol. The zero-order chi connectivity index (χ0) is 19.4. The van der Waals surface area contributed by atoms with Gasteiger partial charge in [0, 0.05) is 45.1 Å². The molecule has 0 saturated carbocycles. The summed E-state index contributed by atoms with van der Waals surface area (Å²) < 4.78 is 19.5. The third-order valence-corrected chi connectivity index (χ3v) is 5.33. The van der Waals surface area contributed by atoms with E-state index >= 15 is 0 Å². The van der Waals surface area contributed by atoms with Gasteiger partial charge in [-0.1, -0.05) is 12.1 Å². The second-order valence-corrected chi connectivity index (χ2v) is 7.47. The molecule has 1 atom stereocenters. The van der Waals surface area contributed by atoms with Gasteiger partial charge in [-0.3, -0.25) is 14.5 Å². The Bertz CT molecular complexity index is 674. The Labute approximate surface area is 159 Å². The van der Waals surface area contributed by atoms with Crippen molar-refractivity contribution >= 4 is 11.8 Å². The summed E-state index contributed by atoms with van der Waals surface area (Å²) in [5.41, 5.74) is 0. The summed E-state index contributed by atoms with van der Waals surface area (Å²) >= 11 is 0. The lowest BCUT2D eigenvalue weighted by atomic mass is 10.0. The second kappa shape index (κ2) is 8.69. The minimum atomic E-state index is -0.404. The quantitative estimate of drug-likeness (QED) is 0.850. The van der Waals surface area contributed by atoms with Gasteiger partial charge >= 0.3 is 0 Å². The zero-order valence-electron chi connectivity index (χ0n) is 16.0. The van der Waals surface area contributed by atoms with E-state index in [2.05, 4.69) is 10.2 Å². The van der Waals surface area contributed by atoms with E-state index in [0.717, 1.165) is 6.54 Å². The molecule has 0 bridgehead atoms. The number of amides is 2. The number of carbonyl (C=O) groups is 2. The Balaban J connectivity index is 1.52. The number of likely N-dealkylation sites (tertiary alicyclic amines) is 1. The summed E-state index contributed by atoms with van der Waals surface area (Å²) in [6, 6.07) is 6.18. The molecule has 2 fully saturated rings. The summed E-state index contributed by atoms with van der Waals surface area (Å²) in [5, 5.41) is 2.86. The minimum Gasteiger partial charge on any atom is -0.487 e. The zero-order valence-corrected chi connectivity index (χ0v) is 16.0. The van der Waals surface area contributed by atoms with Crippen LogP contribution in [0.1, 0.15) is 33.1 Å². The van der Waals surface area contributed by atoms with E-state index in [0.29, 0.717) is 32.5 Å². The SMILES string of the molecule is CC(C)N1CCNC(=O)C1CC(=O)N1CCC(Oc2ccccc2F)CC1. The van der Waals surface area contributed by atoms with Crippen LogP contribution in [-0.2, 0) is 9.59 Å². The number of piperidine rings is 1. The molecule has 148 valence electrons. The molecule has 0 aliphatic carbocycles. The standard InChI is InChI=1S/C20H28FN3O3/c1-14(2)24-12-9-22-20(26)17(24)13-19(25)23-10-7-15(8-11-23)27-18-6-4-3-5-16(18)21/h3-6,14-15,17H,7-13H2,1-2H3,(H,22,26). The highest BCUT2D eigenvalue weighted by molar-refractivity contribution is 5.89. The largest absolute Gasteiger partial charge is 0.487 e. The molecule has 1 aromatic carbocycles. The smallest absolute Gasteiger partial charge is 0.237 e. The van der Waals surface area contributed by atoms with Gasteiger partial charge in [0.25, 0.3) is 0 Å². The fraction of sp³-hybridized carbons (Fsp3) is 0.600. The molecule has 3 rings (SSSR count). The van der Waals surface area contributed by atoms with Crippen LogP contribution in [0.3, 0.4) is 0 Å². The van der Waals surface area contributed by atoms with E-state index < -0.39 is 6.04 Å². The molecule has 6 nitrogen and oxygen atoms in total. The van der Waals surface area contributed by atoms with Gasteiger partial charge in [0.2, 0.25) is 11.8 Å². The summed E-state index contributed by atoms with van der Waals surface area (Å²) in [6.45, 7) is 6.60. The van der Waals surface area contributed by atoms with Crippen molar-refractivity contribution in [1.29, 1.82) is 0 Å². The van der Waals surface area contributed by atoms with E-state index in [1.165, 1.54) is 6.07 Å². The number of rotatable bonds is 5. The van der Waals surface area contributed by atoms with Gasteiger partial charge in [0.15, 0.2) is 11.6 Å². The monoisotopic (exact) mass is 377 g/mol. The highest BCUT2D eigenvalue weighted by atomic mass is 19.1. The molecule has 2 aliphatic rings. The number of carbonyl (C=O) groups excluding carboxylic acids is 2. The maximum Gasteiger partial charge on any atom is 0.237 e. The number of ether oxygens (including phenoxy) is 1. The summed E-state index contributed by atoms with van der Waals surface area (Å²) in [4.78, 5) is 28.8. The second-order valence-electron chi connectivity index (χ2n) is 7.47. The lowest BCUT2D eigenvalue weighted by molar-refractivity contribution is -0.140. The van der Waals surface area contributed by atoms with E-state index in [1.54, 1.807) is 23.1 Å². The molecule has 27 heavy (non-hydrogen) atoms. The van der Waals surface area contributed by atoms with Crippen LogP contribution in [0.5, 0.6) is 5.75 Å². The van der Waals surface area contributed by atoms with Crippen molar-refractivity contribution in [2.75, 3.05) is 26.2 Å². The van der Waals surface area contributed by atoms with E-state index in [4.69, 9.17) is 4.74 Å². The molecule has 2 heterocycles. The lowest BCUT2D eigenvalue weighted by Crippen LogP contribution is -2.58. The lowest BCUT2D eigenvalue weighted by Gasteiger charge is -2.39. The Morgan fingerprint density at radius 2 is 1.96 bits per heavy atom. The normalized spacial score (nSPS) is 22.0. The van der Waals surface area contributed by atoms with E-state index in [9.17, 15) is 14.0 Å². The molecular formula is C20H28FN3O3. The molecule has 7 heteroatoms. The third kappa shape index (κ3) is 4.77. The maximum absolute atomic E-state index is 13.7. The van der Waals surface area contributed by atoms with Crippen molar-refractivity contribution in [3.63, 3.8) is 0 Å². The number of para-hydroxylation sites is 1. The first-order valence-electron chi connectivity index (χ1n) is 9.68. The number of piperazine rings is 1. The third-order valence-electron chi connectivity index (χ3n) is 5.33. The Morgan fingerprint density at radius 3 is 2.63 bits per heavy atom. The molecule has 0 radical (unpaired) electrons. The number of halogens is 1. The van der Waals surface area contributed by atoms with Gasteiger partial charge in [-0.05, 0) is 26.0 Å². The van der Waals surface area contributed by atoms with Gasteiger partial charge in [0.05, 0.1) is 12.5 Å². The Kier molecular flexibility index (Phi) is 6.31. The Morgan fingerprint density at radius 1 is 1.26 bits per heavy atom. The van der Waals surface area contributed by atoms with Crippen molar-refractivity contribution in [2.45, 2.75) is 51.3 Å². The first kappa shape index (κ1) is 19.6. The molecule has 1 N–H and O–H groups in total. The number of hydrogen-bond acceptors (Lipinski definition) is 4. The Hall–Kier alpha value is -2.15. The van der Waals surface area contributed by atoms with Crippen molar-refractivity contribution < 1.29 is 18.7 Å². The molecule has 0 spiro atoms. The van der Waals surface area contributed by atoms with Gasteiger partial charge < -0.3 is 15.0 Å². The van der Waals surface area contributed by atoms with E-state index in [-0.39, 0.29) is 41.9 Å². The number of nitrogens with one attached hydrogen (secondary N) is 1. The summed E-state index contributed by atoms with van der Waals surface area (Å²) in [5.74, 6) is -0.185. The van der Waals surface area contributed by atoms with Crippen molar-refractivity contribution in [2.24, 2.45) is 0 Å². The number of benzene rings is 1. The maximum atomic E-state index is 13.7. The van der Waals surface area contributed by atoms with Crippen molar-refractivity contribution in [3.05, 3.63) is 30.1 Å². The molecule has 2 saturated heterocycles. The fourth-order valence-corrected chi connectivity index (χ4v) is 3.80. The molecule has 2 aliphatic heterocycles. The fourth-order valence-electron chi connectivity index (χ4n) is 3.80. The van der Waals surface area contributed by atoms with E-state index in [1.807, 2.05) is 13.8 Å². The van der Waals surface area contributed by atoms with Crippen LogP contribution in [0.4, 0.5) is 4.39 Å². The van der Waals surface area contributed by atoms with Crippen LogP contribution in [0.15, 0.2) is 24.3 Å². The molecule has 1 unspecified atom stereocenters. The molecule has 0 aromatic heterocycles. The number of nitrogens with zero attached hydrogens (tertiary/aromatic N) is 2. The predicted octanol–water partition coefficient (Wildman–Crippen LogP) is 1.79. The van der Waals surface area contributed by atoms with Gasteiger partial charge in [-0.25, -0.2) is 4.39 Å². The molecule has 1 aromatic rings. The van der Waals surface area contributed by atoms with Gasteiger partial charge in [0.1, 0.15) is 6.10 Å². The van der Waals surface area contributed by atoms with Crippen LogP contribution >= 0.6 is 0 Å². The topological polar surface area (TPSA) is 61.9 Å². The minimum absolute atomic E-state index is 0.00737. The van der Waals surface area contributed by atoms with Crippen LogP contribution in [0, 0.1) is 5.82 Å². The summed E-state index contributed by atoms with van der Waals surface area (Å²) in [7, 11) is 0. The molecule has 2 amide bonds. The van der Waals surface area contributed by atoms with Gasteiger partial charge in [-0.2, -0.15) is 0 Å². The molecular weight excluding hydrogens is 349 g/mol. The highest BCUT2D eigenvalue weighted by Crippen LogP contribution is 2.23.